The Hall–Kier alpha value is -3.15. The molecule has 6 heteroatoms. The van der Waals surface area contributed by atoms with Crippen molar-refractivity contribution < 1.29 is 9.53 Å². The smallest absolute Gasteiger partial charge is 0.272 e. The van der Waals surface area contributed by atoms with Gasteiger partial charge in [0.15, 0.2) is 0 Å². The quantitative estimate of drug-likeness (QED) is 0.715. The number of carbonyl (C=O) groups is 1. The lowest BCUT2D eigenvalue weighted by Crippen LogP contribution is -2.44. The van der Waals surface area contributed by atoms with E-state index in [2.05, 4.69) is 10.1 Å². The first-order chi connectivity index (χ1) is 13.2. The van der Waals surface area contributed by atoms with E-state index in [0.717, 1.165) is 36.4 Å². The van der Waals surface area contributed by atoms with Gasteiger partial charge in [-0.05, 0) is 31.0 Å². The van der Waals surface area contributed by atoms with Crippen molar-refractivity contribution in [3.8, 4) is 17.0 Å². The second kappa shape index (κ2) is 7.61. The van der Waals surface area contributed by atoms with Crippen LogP contribution in [0, 0.1) is 0 Å². The molecule has 0 N–H and O–H groups in total. The van der Waals surface area contributed by atoms with Gasteiger partial charge in [0.1, 0.15) is 17.5 Å². The molecule has 3 aromatic rings. The predicted octanol–water partition coefficient (Wildman–Crippen LogP) is 3.17. The van der Waals surface area contributed by atoms with Gasteiger partial charge < -0.3 is 9.64 Å². The van der Waals surface area contributed by atoms with Crippen LogP contribution < -0.4 is 4.74 Å². The Balaban J connectivity index is 1.48. The summed E-state index contributed by atoms with van der Waals surface area (Å²) in [6, 6.07) is 15.4. The van der Waals surface area contributed by atoms with Gasteiger partial charge >= 0.3 is 0 Å². The third-order valence-corrected chi connectivity index (χ3v) is 4.79. The number of aryl methyl sites for hydroxylation is 1. The summed E-state index contributed by atoms with van der Waals surface area (Å²) in [5, 5.41) is 4.51. The van der Waals surface area contributed by atoms with Gasteiger partial charge in [-0.1, -0.05) is 30.3 Å². The molecule has 0 radical (unpaired) electrons. The first kappa shape index (κ1) is 17.3. The van der Waals surface area contributed by atoms with Crippen LogP contribution in [0.3, 0.4) is 0 Å². The normalized spacial score (nSPS) is 16.9. The largest absolute Gasteiger partial charge is 0.488 e. The lowest BCUT2D eigenvalue weighted by Gasteiger charge is -2.32. The Bertz CT molecular complexity index is 908. The number of pyridine rings is 1. The number of amides is 1. The molecule has 1 saturated heterocycles. The van der Waals surface area contributed by atoms with E-state index in [9.17, 15) is 4.79 Å². The average Bonchev–Trinajstić information content (AvgIpc) is 3.11. The maximum Gasteiger partial charge on any atom is 0.272 e. The standard InChI is InChI=1S/C21H22N4O2/c1-24-20(14-19(23-24)16-6-3-2-4-7-16)21(26)25-13-5-8-18(15-25)27-17-9-11-22-12-10-17/h2-4,6-7,9-12,14,18H,5,8,13,15H2,1H3. The van der Waals surface area contributed by atoms with Gasteiger partial charge in [-0.3, -0.25) is 14.5 Å². The molecule has 1 aliphatic rings. The molecule has 2 aromatic heterocycles. The lowest BCUT2D eigenvalue weighted by atomic mass is 10.1. The van der Waals surface area contributed by atoms with Crippen LogP contribution in [0.15, 0.2) is 60.9 Å². The molecular formula is C21H22N4O2. The molecular weight excluding hydrogens is 340 g/mol. The molecule has 4 rings (SSSR count). The Morgan fingerprint density at radius 3 is 2.70 bits per heavy atom. The minimum atomic E-state index is -0.00748. The van der Waals surface area contributed by atoms with Crippen molar-refractivity contribution in [2.24, 2.45) is 7.05 Å². The fourth-order valence-electron chi connectivity index (χ4n) is 3.41. The minimum absolute atomic E-state index is 0.00444. The van der Waals surface area contributed by atoms with Gasteiger partial charge in [0.25, 0.3) is 5.91 Å². The average molecular weight is 362 g/mol. The maximum absolute atomic E-state index is 13.1. The second-order valence-corrected chi connectivity index (χ2v) is 6.72. The number of likely N-dealkylation sites (tertiary alicyclic amines) is 1. The van der Waals surface area contributed by atoms with Crippen LogP contribution in [0.25, 0.3) is 11.3 Å². The monoisotopic (exact) mass is 362 g/mol. The molecule has 1 atom stereocenters. The number of hydrogen-bond acceptors (Lipinski definition) is 4. The molecule has 27 heavy (non-hydrogen) atoms. The topological polar surface area (TPSA) is 60.2 Å². The van der Waals surface area contributed by atoms with Crippen molar-refractivity contribution in [3.63, 3.8) is 0 Å². The molecule has 1 aliphatic heterocycles. The van der Waals surface area contributed by atoms with E-state index in [1.807, 2.05) is 60.5 Å². The third-order valence-electron chi connectivity index (χ3n) is 4.79. The molecule has 1 fully saturated rings. The molecule has 138 valence electrons. The molecule has 6 nitrogen and oxygen atoms in total. The molecule has 1 unspecified atom stereocenters. The minimum Gasteiger partial charge on any atom is -0.488 e. The summed E-state index contributed by atoms with van der Waals surface area (Å²) in [7, 11) is 1.81. The molecule has 1 aromatic carbocycles. The molecule has 0 saturated carbocycles. The van der Waals surface area contributed by atoms with Crippen LogP contribution in [-0.2, 0) is 7.05 Å². The van der Waals surface area contributed by atoms with Crippen molar-refractivity contribution in [1.82, 2.24) is 19.7 Å². The fraction of sp³-hybridized carbons (Fsp3) is 0.286. The Kier molecular flexibility index (Phi) is 4.87. The molecule has 0 bridgehead atoms. The second-order valence-electron chi connectivity index (χ2n) is 6.72. The van der Waals surface area contributed by atoms with Crippen molar-refractivity contribution in [1.29, 1.82) is 0 Å². The van der Waals surface area contributed by atoms with E-state index in [-0.39, 0.29) is 12.0 Å². The van der Waals surface area contributed by atoms with Crippen LogP contribution >= 0.6 is 0 Å². The highest BCUT2D eigenvalue weighted by molar-refractivity contribution is 5.93. The fourth-order valence-corrected chi connectivity index (χ4v) is 3.41. The summed E-state index contributed by atoms with van der Waals surface area (Å²) in [6.07, 6.45) is 5.27. The zero-order valence-electron chi connectivity index (χ0n) is 15.3. The molecule has 3 heterocycles. The van der Waals surface area contributed by atoms with E-state index < -0.39 is 0 Å². The molecule has 0 aliphatic carbocycles. The van der Waals surface area contributed by atoms with Gasteiger partial charge in [-0.15, -0.1) is 0 Å². The summed E-state index contributed by atoms with van der Waals surface area (Å²) in [5.74, 6) is 0.784. The van der Waals surface area contributed by atoms with Crippen LogP contribution in [0.2, 0.25) is 0 Å². The number of nitrogens with zero attached hydrogens (tertiary/aromatic N) is 4. The number of piperidine rings is 1. The van der Waals surface area contributed by atoms with E-state index in [0.29, 0.717) is 12.2 Å². The van der Waals surface area contributed by atoms with Crippen molar-refractivity contribution in [2.45, 2.75) is 18.9 Å². The van der Waals surface area contributed by atoms with E-state index in [1.165, 1.54) is 0 Å². The molecule has 1 amide bonds. The van der Waals surface area contributed by atoms with Crippen LogP contribution in [0.4, 0.5) is 0 Å². The number of ether oxygens (including phenoxy) is 1. The van der Waals surface area contributed by atoms with E-state index in [1.54, 1.807) is 17.1 Å². The van der Waals surface area contributed by atoms with Crippen LogP contribution in [0.1, 0.15) is 23.3 Å². The van der Waals surface area contributed by atoms with Crippen LogP contribution in [-0.4, -0.2) is 44.8 Å². The number of carbonyl (C=O) groups excluding carboxylic acids is 1. The Morgan fingerprint density at radius 2 is 1.93 bits per heavy atom. The zero-order valence-corrected chi connectivity index (χ0v) is 15.3. The third kappa shape index (κ3) is 3.84. The van der Waals surface area contributed by atoms with Gasteiger partial charge in [0.05, 0.1) is 12.2 Å². The van der Waals surface area contributed by atoms with Gasteiger partial charge in [0, 0.05) is 31.5 Å². The predicted molar refractivity (Wildman–Crippen MR) is 102 cm³/mol. The molecule has 0 spiro atoms. The first-order valence-corrected chi connectivity index (χ1v) is 9.16. The Labute approximate surface area is 158 Å². The highest BCUT2D eigenvalue weighted by Gasteiger charge is 2.27. The highest BCUT2D eigenvalue weighted by atomic mass is 16.5. The maximum atomic E-state index is 13.1. The highest BCUT2D eigenvalue weighted by Crippen LogP contribution is 2.22. The summed E-state index contributed by atoms with van der Waals surface area (Å²) < 4.78 is 7.68. The van der Waals surface area contributed by atoms with Gasteiger partial charge in [-0.25, -0.2) is 0 Å². The van der Waals surface area contributed by atoms with Gasteiger partial charge in [0.2, 0.25) is 0 Å². The summed E-state index contributed by atoms with van der Waals surface area (Å²) in [4.78, 5) is 18.9. The van der Waals surface area contributed by atoms with E-state index >= 15 is 0 Å². The van der Waals surface area contributed by atoms with Crippen molar-refractivity contribution in [3.05, 3.63) is 66.6 Å². The van der Waals surface area contributed by atoms with Gasteiger partial charge in [-0.2, -0.15) is 5.10 Å². The van der Waals surface area contributed by atoms with Crippen molar-refractivity contribution in [2.75, 3.05) is 13.1 Å². The Morgan fingerprint density at radius 1 is 1.15 bits per heavy atom. The first-order valence-electron chi connectivity index (χ1n) is 9.16. The van der Waals surface area contributed by atoms with E-state index in [4.69, 9.17) is 4.74 Å². The number of hydrogen-bond donors (Lipinski definition) is 0. The lowest BCUT2D eigenvalue weighted by molar-refractivity contribution is 0.0528. The van der Waals surface area contributed by atoms with Crippen molar-refractivity contribution >= 4 is 5.91 Å². The number of rotatable bonds is 4. The summed E-state index contributed by atoms with van der Waals surface area (Å²) in [6.45, 7) is 1.31. The SMILES string of the molecule is Cn1nc(-c2ccccc2)cc1C(=O)N1CCCC(Oc2ccncc2)C1. The number of benzene rings is 1. The zero-order chi connectivity index (χ0) is 18.6. The number of aromatic nitrogens is 3. The summed E-state index contributed by atoms with van der Waals surface area (Å²) in [5.41, 5.74) is 2.41. The van der Waals surface area contributed by atoms with Crippen LogP contribution in [0.5, 0.6) is 5.75 Å². The summed E-state index contributed by atoms with van der Waals surface area (Å²) >= 11 is 0.